The molecule has 1 aromatic carbocycles. The van der Waals surface area contributed by atoms with Gasteiger partial charge in [-0.2, -0.15) is 0 Å². The van der Waals surface area contributed by atoms with Crippen molar-refractivity contribution in [3.8, 4) is 0 Å². The van der Waals surface area contributed by atoms with Gasteiger partial charge in [0.15, 0.2) is 5.03 Å². The van der Waals surface area contributed by atoms with E-state index in [1.165, 1.54) is 6.07 Å². The van der Waals surface area contributed by atoms with Crippen LogP contribution in [0.1, 0.15) is 24.8 Å². The van der Waals surface area contributed by atoms with E-state index in [0.717, 1.165) is 19.4 Å². The van der Waals surface area contributed by atoms with E-state index >= 15 is 0 Å². The highest BCUT2D eigenvalue weighted by molar-refractivity contribution is 7.90. The van der Waals surface area contributed by atoms with Crippen LogP contribution < -0.4 is 5.32 Å². The molecule has 0 atom stereocenters. The molecule has 7 nitrogen and oxygen atoms in total. The van der Waals surface area contributed by atoms with Crippen LogP contribution in [0.3, 0.4) is 0 Å². The highest BCUT2D eigenvalue weighted by Crippen LogP contribution is 2.17. The summed E-state index contributed by atoms with van der Waals surface area (Å²) in [4.78, 5) is 13.4. The lowest BCUT2D eigenvalue weighted by molar-refractivity contribution is -0.127. The maximum atomic E-state index is 12.4. The fraction of sp³-hybridized carbons (Fsp3) is 0.389. The van der Waals surface area contributed by atoms with Gasteiger partial charge in [0.2, 0.25) is 15.7 Å². The number of nitrogens with one attached hydrogen (secondary N) is 1. The fourth-order valence-corrected chi connectivity index (χ4v) is 4.23. The van der Waals surface area contributed by atoms with Gasteiger partial charge >= 0.3 is 0 Å². The number of nitrogens with zero attached hydrogens (tertiary/aromatic N) is 3. The van der Waals surface area contributed by atoms with E-state index in [0.29, 0.717) is 35.9 Å². The molecule has 0 bridgehead atoms. The number of aromatic nitrogens is 2. The molecular weight excluding hydrogens is 388 g/mol. The summed E-state index contributed by atoms with van der Waals surface area (Å²) in [7, 11) is -3.57. The topological polar surface area (TPSA) is 92.3 Å². The average Bonchev–Trinajstić information content (AvgIpc) is 3.06. The van der Waals surface area contributed by atoms with Gasteiger partial charge in [-0.3, -0.25) is 4.79 Å². The Morgan fingerprint density at radius 1 is 1.11 bits per heavy atom. The van der Waals surface area contributed by atoms with Crippen LogP contribution >= 0.6 is 11.6 Å². The number of rotatable bonds is 8. The summed E-state index contributed by atoms with van der Waals surface area (Å²) < 4.78 is 24.9. The van der Waals surface area contributed by atoms with Crippen LogP contribution in [-0.4, -0.2) is 49.1 Å². The van der Waals surface area contributed by atoms with Crippen molar-refractivity contribution in [3.63, 3.8) is 0 Å². The number of hydrogen-bond acceptors (Lipinski definition) is 6. The van der Waals surface area contributed by atoms with Crippen molar-refractivity contribution < 1.29 is 13.2 Å². The Labute approximate surface area is 163 Å². The Kier molecular flexibility index (Phi) is 6.28. The highest BCUT2D eigenvalue weighted by atomic mass is 35.5. The Morgan fingerprint density at radius 2 is 1.89 bits per heavy atom. The number of sulfone groups is 1. The second kappa shape index (κ2) is 8.67. The predicted octanol–water partition coefficient (Wildman–Crippen LogP) is 2.53. The van der Waals surface area contributed by atoms with Gasteiger partial charge in [0.25, 0.3) is 0 Å². The second-order valence-electron chi connectivity index (χ2n) is 6.41. The molecule has 0 saturated carbocycles. The Bertz CT molecular complexity index is 886. The maximum absolute atomic E-state index is 12.4. The second-order valence-corrected chi connectivity index (χ2v) is 8.78. The lowest BCUT2D eigenvalue weighted by Crippen LogP contribution is -2.27. The molecule has 3 rings (SSSR count). The van der Waals surface area contributed by atoms with Gasteiger partial charge in [-0.05, 0) is 42.7 Å². The quantitative estimate of drug-likeness (QED) is 0.675. The molecule has 1 fully saturated rings. The summed E-state index contributed by atoms with van der Waals surface area (Å²) >= 11 is 5.82. The molecule has 0 unspecified atom stereocenters. The molecule has 9 heteroatoms. The van der Waals surface area contributed by atoms with Crippen molar-refractivity contribution in [1.82, 2.24) is 15.1 Å². The normalized spacial score (nSPS) is 14.6. The minimum atomic E-state index is -3.57. The van der Waals surface area contributed by atoms with Gasteiger partial charge in [-0.25, -0.2) is 8.42 Å². The Morgan fingerprint density at radius 3 is 2.52 bits per heavy atom. The summed E-state index contributed by atoms with van der Waals surface area (Å²) in [6, 6.07) is 9.71. The van der Waals surface area contributed by atoms with Crippen molar-refractivity contribution in [3.05, 3.63) is 47.0 Å². The molecular formula is C18H21ClN4O3S. The highest BCUT2D eigenvalue weighted by Gasteiger charge is 2.19. The first-order valence-electron chi connectivity index (χ1n) is 8.77. The van der Waals surface area contributed by atoms with Crippen LogP contribution in [0.15, 0.2) is 41.4 Å². The summed E-state index contributed by atoms with van der Waals surface area (Å²) in [6.07, 6.45) is 2.37. The fourth-order valence-electron chi connectivity index (χ4n) is 2.88. The molecule has 27 heavy (non-hydrogen) atoms. The number of hydrogen-bond donors (Lipinski definition) is 1. The minimum Gasteiger partial charge on any atom is -0.369 e. The molecule has 1 aliphatic heterocycles. The molecule has 1 amide bonds. The van der Waals surface area contributed by atoms with Crippen LogP contribution in [0, 0.1) is 0 Å². The number of likely N-dealkylation sites (tertiary alicyclic amines) is 1. The molecule has 1 aliphatic rings. The van der Waals surface area contributed by atoms with Gasteiger partial charge in [0.1, 0.15) is 5.82 Å². The number of anilines is 1. The standard InChI is InChI=1S/C18H21ClN4O3S/c19-15-6-4-14(5-7-15)13-27(25,26)17-9-8-16(21-22-17)20-10-2-12-23-11-1-3-18(23)24/h4-9H,1-3,10-13H2,(H,20,21). The van der Waals surface area contributed by atoms with Crippen LogP contribution in [0.4, 0.5) is 5.82 Å². The third kappa shape index (κ3) is 5.40. The molecule has 1 N–H and O–H groups in total. The van der Waals surface area contributed by atoms with Gasteiger partial charge < -0.3 is 10.2 Å². The monoisotopic (exact) mass is 408 g/mol. The van der Waals surface area contributed by atoms with Crippen molar-refractivity contribution in [1.29, 1.82) is 0 Å². The van der Waals surface area contributed by atoms with E-state index in [2.05, 4.69) is 15.5 Å². The maximum Gasteiger partial charge on any atom is 0.222 e. The van der Waals surface area contributed by atoms with E-state index in [1.807, 2.05) is 4.90 Å². The third-order valence-corrected chi connectivity index (χ3v) is 6.13. The van der Waals surface area contributed by atoms with Gasteiger partial charge in [0.05, 0.1) is 5.75 Å². The van der Waals surface area contributed by atoms with Crippen molar-refractivity contribution in [2.45, 2.75) is 30.0 Å². The number of halogens is 1. The van der Waals surface area contributed by atoms with E-state index in [4.69, 9.17) is 11.6 Å². The summed E-state index contributed by atoms with van der Waals surface area (Å²) in [5.41, 5.74) is 0.639. The number of benzene rings is 1. The predicted molar refractivity (Wildman–Crippen MR) is 103 cm³/mol. The smallest absolute Gasteiger partial charge is 0.222 e. The zero-order valence-electron chi connectivity index (χ0n) is 14.8. The van der Waals surface area contributed by atoms with Crippen molar-refractivity contribution in [2.24, 2.45) is 0 Å². The molecule has 144 valence electrons. The van der Waals surface area contributed by atoms with E-state index in [1.54, 1.807) is 30.3 Å². The Hall–Kier alpha value is -2.19. The largest absolute Gasteiger partial charge is 0.369 e. The first-order chi connectivity index (χ1) is 12.9. The van der Waals surface area contributed by atoms with Gasteiger partial charge in [-0.15, -0.1) is 10.2 Å². The summed E-state index contributed by atoms with van der Waals surface area (Å²) in [5, 5.41) is 11.4. The molecule has 0 radical (unpaired) electrons. The molecule has 0 aliphatic carbocycles. The van der Waals surface area contributed by atoms with Crippen LogP contribution in [0.5, 0.6) is 0 Å². The summed E-state index contributed by atoms with van der Waals surface area (Å²) in [5.74, 6) is 0.563. The lowest BCUT2D eigenvalue weighted by atomic mass is 10.2. The molecule has 1 saturated heterocycles. The number of carbonyl (C=O) groups excluding carboxylic acids is 1. The lowest BCUT2D eigenvalue weighted by Gasteiger charge is -2.15. The molecule has 2 heterocycles. The number of amides is 1. The van der Waals surface area contributed by atoms with Crippen LogP contribution in [0.2, 0.25) is 5.02 Å². The van der Waals surface area contributed by atoms with Gasteiger partial charge in [-0.1, -0.05) is 23.7 Å². The molecule has 1 aromatic heterocycles. The van der Waals surface area contributed by atoms with E-state index in [-0.39, 0.29) is 16.7 Å². The molecule has 2 aromatic rings. The zero-order chi connectivity index (χ0) is 19.3. The third-order valence-electron chi connectivity index (χ3n) is 4.31. The van der Waals surface area contributed by atoms with Crippen LogP contribution in [-0.2, 0) is 20.4 Å². The minimum absolute atomic E-state index is 0.0642. The summed E-state index contributed by atoms with van der Waals surface area (Å²) in [6.45, 7) is 2.18. The van der Waals surface area contributed by atoms with Crippen molar-refractivity contribution in [2.75, 3.05) is 25.0 Å². The zero-order valence-corrected chi connectivity index (χ0v) is 16.3. The SMILES string of the molecule is O=C1CCCN1CCCNc1ccc(S(=O)(=O)Cc2ccc(Cl)cc2)nn1. The van der Waals surface area contributed by atoms with Crippen LogP contribution in [0.25, 0.3) is 0 Å². The van der Waals surface area contributed by atoms with Gasteiger partial charge in [0, 0.05) is 31.1 Å². The first kappa shape index (κ1) is 19.6. The van der Waals surface area contributed by atoms with Crippen molar-refractivity contribution >= 4 is 33.2 Å². The number of carbonyl (C=O) groups is 1. The average molecular weight is 409 g/mol. The van der Waals surface area contributed by atoms with E-state index < -0.39 is 9.84 Å². The molecule has 0 spiro atoms. The Balaban J connectivity index is 1.51. The first-order valence-corrected chi connectivity index (χ1v) is 10.8. The van der Waals surface area contributed by atoms with E-state index in [9.17, 15) is 13.2 Å².